The molecule has 0 spiro atoms. The van der Waals surface area contributed by atoms with Gasteiger partial charge < -0.3 is 5.11 Å². The van der Waals surface area contributed by atoms with Gasteiger partial charge >= 0.3 is 0 Å². The standard InChI is InChI=1S/C15H14N2O2S/c1-10(18)17-14(11-4-6-12(19)7-5-11)9-13(16-17)15-3-2-8-20-15/h2-9,14,16,19H,1H3/t14-/m1/s1. The summed E-state index contributed by atoms with van der Waals surface area (Å²) >= 11 is 1.62. The third-order valence-electron chi connectivity index (χ3n) is 3.20. The summed E-state index contributed by atoms with van der Waals surface area (Å²) in [5.41, 5.74) is 5.04. The number of thiophene rings is 1. The van der Waals surface area contributed by atoms with Crippen molar-refractivity contribution in [2.24, 2.45) is 0 Å². The van der Waals surface area contributed by atoms with Crippen molar-refractivity contribution < 1.29 is 9.90 Å². The van der Waals surface area contributed by atoms with E-state index in [0.717, 1.165) is 16.1 Å². The Hall–Kier alpha value is -2.27. The lowest BCUT2D eigenvalue weighted by Gasteiger charge is -2.23. The summed E-state index contributed by atoms with van der Waals surface area (Å²) in [4.78, 5) is 12.9. The van der Waals surface area contributed by atoms with Crippen LogP contribution in [0.1, 0.15) is 23.4 Å². The van der Waals surface area contributed by atoms with Crippen LogP contribution in [0.2, 0.25) is 0 Å². The number of hydrogen-bond acceptors (Lipinski definition) is 4. The van der Waals surface area contributed by atoms with E-state index in [1.54, 1.807) is 28.5 Å². The number of benzene rings is 1. The predicted molar refractivity (Wildman–Crippen MR) is 78.8 cm³/mol. The topological polar surface area (TPSA) is 52.6 Å². The highest BCUT2D eigenvalue weighted by Crippen LogP contribution is 2.33. The molecule has 0 radical (unpaired) electrons. The molecule has 4 nitrogen and oxygen atoms in total. The van der Waals surface area contributed by atoms with Crippen LogP contribution in [0.5, 0.6) is 5.75 Å². The Morgan fingerprint density at radius 3 is 2.65 bits per heavy atom. The minimum atomic E-state index is -0.162. The van der Waals surface area contributed by atoms with Gasteiger partial charge in [-0.15, -0.1) is 11.3 Å². The van der Waals surface area contributed by atoms with Crippen LogP contribution in [0, 0.1) is 0 Å². The maximum atomic E-state index is 11.8. The monoisotopic (exact) mass is 286 g/mol. The van der Waals surface area contributed by atoms with Crippen LogP contribution >= 0.6 is 11.3 Å². The third kappa shape index (κ3) is 2.28. The summed E-state index contributed by atoms with van der Waals surface area (Å²) in [5.74, 6) is 0.169. The number of phenols is 1. The number of hydrogen-bond donors (Lipinski definition) is 2. The maximum absolute atomic E-state index is 11.8. The van der Waals surface area contributed by atoms with Crippen molar-refractivity contribution in [2.75, 3.05) is 0 Å². The molecule has 5 heteroatoms. The molecule has 3 rings (SSSR count). The Morgan fingerprint density at radius 1 is 1.30 bits per heavy atom. The van der Waals surface area contributed by atoms with Gasteiger partial charge in [-0.25, -0.2) is 5.01 Å². The number of nitrogens with one attached hydrogen (secondary N) is 1. The highest BCUT2D eigenvalue weighted by atomic mass is 32.1. The van der Waals surface area contributed by atoms with Crippen LogP contribution in [0.25, 0.3) is 5.70 Å². The Bertz CT molecular complexity index is 647. The average Bonchev–Trinajstić information content (AvgIpc) is 3.08. The van der Waals surface area contributed by atoms with E-state index < -0.39 is 0 Å². The SMILES string of the molecule is CC(=O)N1NC(c2cccs2)=C[C@@H]1c1ccc(O)cc1. The zero-order chi connectivity index (χ0) is 14.1. The largest absolute Gasteiger partial charge is 0.508 e. The van der Waals surface area contributed by atoms with Gasteiger partial charge in [-0.3, -0.25) is 10.2 Å². The van der Waals surface area contributed by atoms with Crippen LogP contribution in [-0.2, 0) is 4.79 Å². The van der Waals surface area contributed by atoms with Gasteiger partial charge in [0.2, 0.25) is 5.91 Å². The van der Waals surface area contributed by atoms with Gasteiger partial charge in [0.1, 0.15) is 5.75 Å². The smallest absolute Gasteiger partial charge is 0.238 e. The van der Waals surface area contributed by atoms with Gasteiger partial charge in [0.25, 0.3) is 0 Å². The van der Waals surface area contributed by atoms with E-state index in [0.29, 0.717) is 0 Å². The van der Waals surface area contributed by atoms with Crippen LogP contribution in [0.4, 0.5) is 0 Å². The van der Waals surface area contributed by atoms with Gasteiger partial charge in [-0.2, -0.15) is 0 Å². The number of aromatic hydroxyl groups is 1. The summed E-state index contributed by atoms with van der Waals surface area (Å²) in [6.45, 7) is 1.53. The van der Waals surface area contributed by atoms with Gasteiger partial charge in [-0.05, 0) is 35.2 Å². The number of nitrogens with zero attached hydrogens (tertiary/aromatic N) is 1. The summed E-state index contributed by atoms with van der Waals surface area (Å²) < 4.78 is 0. The number of phenolic OH excluding ortho intramolecular Hbond substituents is 1. The molecule has 1 amide bonds. The normalized spacial score (nSPS) is 17.8. The fraction of sp³-hybridized carbons (Fsp3) is 0.133. The number of carbonyl (C=O) groups excluding carboxylic acids is 1. The van der Waals surface area contributed by atoms with E-state index in [1.165, 1.54) is 6.92 Å². The van der Waals surface area contributed by atoms with Crippen LogP contribution in [0.3, 0.4) is 0 Å². The van der Waals surface area contributed by atoms with Crippen molar-refractivity contribution >= 4 is 22.9 Å². The molecule has 1 aliphatic rings. The molecule has 1 atom stereocenters. The number of hydrazine groups is 1. The van der Waals surface area contributed by atoms with Gasteiger partial charge in [0, 0.05) is 6.92 Å². The van der Waals surface area contributed by atoms with Crippen LogP contribution in [-0.4, -0.2) is 16.0 Å². The quantitative estimate of drug-likeness (QED) is 0.892. The molecule has 102 valence electrons. The first kappa shape index (κ1) is 12.7. The molecule has 0 fully saturated rings. The molecular weight excluding hydrogens is 272 g/mol. The first-order chi connectivity index (χ1) is 9.65. The third-order valence-corrected chi connectivity index (χ3v) is 4.11. The van der Waals surface area contributed by atoms with E-state index in [4.69, 9.17) is 0 Å². The van der Waals surface area contributed by atoms with Crippen molar-refractivity contribution in [3.8, 4) is 5.75 Å². The molecule has 2 heterocycles. The number of amides is 1. The maximum Gasteiger partial charge on any atom is 0.238 e. The van der Waals surface area contributed by atoms with E-state index in [2.05, 4.69) is 5.43 Å². The molecule has 0 saturated heterocycles. The molecule has 0 aliphatic carbocycles. The Labute approximate surface area is 120 Å². The van der Waals surface area contributed by atoms with Crippen molar-refractivity contribution in [1.29, 1.82) is 0 Å². The van der Waals surface area contributed by atoms with Crippen LogP contribution in [0.15, 0.2) is 47.9 Å². The summed E-state index contributed by atoms with van der Waals surface area (Å²) in [7, 11) is 0. The fourth-order valence-corrected chi connectivity index (χ4v) is 2.93. The van der Waals surface area contributed by atoms with Gasteiger partial charge in [-0.1, -0.05) is 18.2 Å². The Kier molecular flexibility index (Phi) is 3.20. The van der Waals surface area contributed by atoms with Gasteiger partial charge in [0.05, 0.1) is 16.6 Å². The van der Waals surface area contributed by atoms with Gasteiger partial charge in [0.15, 0.2) is 0 Å². The lowest BCUT2D eigenvalue weighted by atomic mass is 10.1. The first-order valence-corrected chi connectivity index (χ1v) is 7.14. The molecule has 0 bridgehead atoms. The summed E-state index contributed by atoms with van der Waals surface area (Å²) in [6, 6.07) is 10.7. The fourth-order valence-electron chi connectivity index (χ4n) is 2.23. The lowest BCUT2D eigenvalue weighted by Crippen LogP contribution is -2.37. The minimum Gasteiger partial charge on any atom is -0.508 e. The second-order valence-electron chi connectivity index (χ2n) is 4.59. The van der Waals surface area contributed by atoms with E-state index in [9.17, 15) is 9.90 Å². The molecule has 0 saturated carbocycles. The Morgan fingerprint density at radius 2 is 2.05 bits per heavy atom. The zero-order valence-corrected chi connectivity index (χ0v) is 11.7. The average molecular weight is 286 g/mol. The van der Waals surface area contributed by atoms with E-state index in [-0.39, 0.29) is 17.7 Å². The highest BCUT2D eigenvalue weighted by molar-refractivity contribution is 7.11. The summed E-state index contributed by atoms with van der Waals surface area (Å²) in [5, 5.41) is 13.0. The lowest BCUT2D eigenvalue weighted by molar-refractivity contribution is -0.132. The minimum absolute atomic E-state index is 0.0501. The second-order valence-corrected chi connectivity index (χ2v) is 5.54. The number of carbonyl (C=O) groups is 1. The van der Waals surface area contributed by atoms with E-state index in [1.807, 2.05) is 35.7 Å². The van der Waals surface area contributed by atoms with Crippen molar-refractivity contribution in [1.82, 2.24) is 10.4 Å². The number of rotatable bonds is 2. The molecule has 20 heavy (non-hydrogen) atoms. The molecule has 2 N–H and O–H groups in total. The Balaban J connectivity index is 1.97. The molecule has 2 aromatic rings. The first-order valence-electron chi connectivity index (χ1n) is 6.26. The highest BCUT2D eigenvalue weighted by Gasteiger charge is 2.28. The van der Waals surface area contributed by atoms with E-state index >= 15 is 0 Å². The second kappa shape index (κ2) is 5.02. The zero-order valence-electron chi connectivity index (χ0n) is 10.9. The summed E-state index contributed by atoms with van der Waals surface area (Å²) in [6.07, 6.45) is 2.03. The molecule has 1 aromatic heterocycles. The molecule has 1 aliphatic heterocycles. The van der Waals surface area contributed by atoms with Crippen molar-refractivity contribution in [3.05, 3.63) is 58.3 Å². The van der Waals surface area contributed by atoms with Crippen molar-refractivity contribution in [3.63, 3.8) is 0 Å². The predicted octanol–water partition coefficient (Wildman–Crippen LogP) is 2.90. The molecule has 1 aromatic carbocycles. The molecular formula is C15H14N2O2S. The van der Waals surface area contributed by atoms with Crippen molar-refractivity contribution in [2.45, 2.75) is 13.0 Å². The molecule has 0 unspecified atom stereocenters. The van der Waals surface area contributed by atoms with Crippen LogP contribution < -0.4 is 5.43 Å².